The fourth-order valence-corrected chi connectivity index (χ4v) is 1.08. The summed E-state index contributed by atoms with van der Waals surface area (Å²) in [5, 5.41) is 9.13. The molecular weight excluding hydrogens is 241 g/mol. The number of hydrogen-bond acceptors (Lipinski definition) is 5. The van der Waals surface area contributed by atoms with Gasteiger partial charge in [-0.2, -0.15) is 0 Å². The fourth-order valence-electron chi connectivity index (χ4n) is 0.781. The number of phenols is 1. The predicted molar refractivity (Wildman–Crippen MR) is 40.5 cm³/mol. The Bertz CT molecular complexity index is 340. The number of hydrogen-bond donors (Lipinski definition) is 1. The third-order valence-corrected chi connectivity index (χ3v) is 1.82. The Morgan fingerprint density at radius 3 is 2.27 bits per heavy atom. The minimum absolute atomic E-state index is 0. The van der Waals surface area contributed by atoms with Gasteiger partial charge in [0.1, 0.15) is 5.75 Å². The molecule has 0 aromatic heterocycles. The predicted octanol–water partition coefficient (Wildman–Crippen LogP) is -6.25. The van der Waals surface area contributed by atoms with Gasteiger partial charge in [0.15, 0.2) is 0 Å². The second kappa shape index (κ2) is 8.25. The summed E-state index contributed by atoms with van der Waals surface area (Å²) in [6, 6.07) is 6.01. The molecule has 15 heavy (non-hydrogen) atoms. The first-order valence-electron chi connectivity index (χ1n) is 3.42. The van der Waals surface area contributed by atoms with Crippen LogP contribution in [0.25, 0.3) is 0 Å². The maximum absolute atomic E-state index is 10.1. The van der Waals surface area contributed by atoms with Gasteiger partial charge in [-0.15, -0.1) is 0 Å². The molecule has 0 aliphatic heterocycles. The number of para-hydroxylation sites is 1. The van der Waals surface area contributed by atoms with Gasteiger partial charge in [-0.3, -0.25) is 0 Å². The van der Waals surface area contributed by atoms with E-state index in [0.717, 1.165) is 0 Å². The summed E-state index contributed by atoms with van der Waals surface area (Å²) < 4.78 is 14.1. The van der Waals surface area contributed by atoms with Crippen LogP contribution in [0.2, 0.25) is 0 Å². The smallest absolute Gasteiger partial charge is 0.790 e. The van der Waals surface area contributed by atoms with Crippen LogP contribution in [0.15, 0.2) is 24.3 Å². The molecule has 1 N–H and O–H groups in total. The molecule has 72 valence electrons. The average Bonchev–Trinajstić information content (AvgIpc) is 2.01. The van der Waals surface area contributed by atoms with Crippen molar-refractivity contribution in [3.8, 4) is 5.75 Å². The van der Waals surface area contributed by atoms with Gasteiger partial charge < -0.3 is 24.0 Å². The minimum Gasteiger partial charge on any atom is -0.790 e. The molecule has 0 saturated heterocycles. The van der Waals surface area contributed by atoms with Gasteiger partial charge in [-0.1, -0.05) is 18.2 Å². The minimum atomic E-state index is -4.96. The van der Waals surface area contributed by atoms with Crippen molar-refractivity contribution in [2.45, 2.75) is 6.61 Å². The first kappa shape index (κ1) is 18.5. The van der Waals surface area contributed by atoms with E-state index in [0.29, 0.717) is 0 Å². The van der Waals surface area contributed by atoms with Crippen LogP contribution in [0.4, 0.5) is 0 Å². The molecule has 0 aliphatic carbocycles. The van der Waals surface area contributed by atoms with Gasteiger partial charge in [0, 0.05) is 5.56 Å². The van der Waals surface area contributed by atoms with Crippen molar-refractivity contribution in [3.63, 3.8) is 0 Å². The number of phenolic OH excluding ortho intramolecular Hbond substituents is 1. The molecule has 1 aromatic carbocycles. The molecule has 0 aliphatic rings. The second-order valence-electron chi connectivity index (χ2n) is 2.35. The van der Waals surface area contributed by atoms with Crippen LogP contribution in [0.5, 0.6) is 5.75 Å². The van der Waals surface area contributed by atoms with E-state index in [4.69, 9.17) is 5.11 Å². The van der Waals surface area contributed by atoms with Crippen LogP contribution in [-0.4, -0.2) is 5.11 Å². The largest absolute Gasteiger partial charge is 1.00 e. The van der Waals surface area contributed by atoms with E-state index >= 15 is 0 Å². The molecular formula is C7H7Na2O5P. The third-order valence-electron chi connectivity index (χ3n) is 1.37. The van der Waals surface area contributed by atoms with Gasteiger partial charge >= 0.3 is 59.1 Å². The standard InChI is InChI=1S/C7H9O5P.2Na/c8-7-4-2-1-3-6(7)5-12-13(9,10)11;;/h1-4,8H,5H2,(H2,9,10,11);;/q;2*+1/p-2. The van der Waals surface area contributed by atoms with Gasteiger partial charge in [0.2, 0.25) is 0 Å². The molecule has 0 bridgehead atoms. The van der Waals surface area contributed by atoms with Crippen molar-refractivity contribution in [2.75, 3.05) is 0 Å². The van der Waals surface area contributed by atoms with Crippen LogP contribution in [0.1, 0.15) is 5.56 Å². The zero-order valence-electron chi connectivity index (χ0n) is 8.54. The normalized spacial score (nSPS) is 10.0. The van der Waals surface area contributed by atoms with E-state index in [1.807, 2.05) is 0 Å². The Morgan fingerprint density at radius 1 is 1.27 bits per heavy atom. The summed E-state index contributed by atoms with van der Waals surface area (Å²) in [5.74, 6) is -0.101. The zero-order valence-corrected chi connectivity index (χ0v) is 13.4. The molecule has 0 unspecified atom stereocenters. The monoisotopic (exact) mass is 248 g/mol. The van der Waals surface area contributed by atoms with Crippen molar-refractivity contribution in [1.82, 2.24) is 0 Å². The molecule has 0 amide bonds. The van der Waals surface area contributed by atoms with E-state index < -0.39 is 14.4 Å². The number of rotatable bonds is 3. The molecule has 1 rings (SSSR count). The molecule has 0 saturated carbocycles. The third kappa shape index (κ3) is 7.94. The van der Waals surface area contributed by atoms with Gasteiger partial charge in [-0.25, -0.2) is 0 Å². The molecule has 0 heterocycles. The summed E-state index contributed by atoms with van der Waals surface area (Å²) in [6.45, 7) is -0.434. The van der Waals surface area contributed by atoms with Crippen molar-refractivity contribution in [2.24, 2.45) is 0 Å². The Labute approximate surface area is 132 Å². The number of phosphoric ester groups is 1. The Hall–Kier alpha value is 1.13. The Kier molecular flexibility index (Phi) is 10.2. The molecule has 5 nitrogen and oxygen atoms in total. The SMILES string of the molecule is O=P([O-])([O-])OCc1ccccc1O.[Na+].[Na+]. The van der Waals surface area contributed by atoms with Crippen LogP contribution in [-0.2, 0) is 15.7 Å². The van der Waals surface area contributed by atoms with E-state index in [2.05, 4.69) is 4.52 Å². The number of phosphoric acid groups is 1. The van der Waals surface area contributed by atoms with E-state index in [-0.39, 0.29) is 70.4 Å². The summed E-state index contributed by atoms with van der Waals surface area (Å²) in [6.07, 6.45) is 0. The number of benzene rings is 1. The van der Waals surface area contributed by atoms with Crippen LogP contribution in [0, 0.1) is 0 Å². The molecule has 0 fully saturated rings. The molecule has 8 heteroatoms. The fraction of sp³-hybridized carbons (Fsp3) is 0.143. The summed E-state index contributed by atoms with van der Waals surface area (Å²) in [7, 11) is -4.96. The van der Waals surface area contributed by atoms with Crippen molar-refractivity contribution < 1.29 is 83.1 Å². The maximum Gasteiger partial charge on any atom is 1.00 e. The van der Waals surface area contributed by atoms with Crippen molar-refractivity contribution in [3.05, 3.63) is 29.8 Å². The summed E-state index contributed by atoms with van der Waals surface area (Å²) >= 11 is 0. The molecule has 0 spiro atoms. The van der Waals surface area contributed by atoms with Crippen LogP contribution < -0.4 is 68.9 Å². The van der Waals surface area contributed by atoms with E-state index in [9.17, 15) is 14.4 Å². The summed E-state index contributed by atoms with van der Waals surface area (Å²) in [5.41, 5.74) is 0.259. The van der Waals surface area contributed by atoms with Gasteiger partial charge in [0.25, 0.3) is 0 Å². The molecule has 0 atom stereocenters. The quantitative estimate of drug-likeness (QED) is 0.424. The first-order chi connectivity index (χ1) is 5.99. The van der Waals surface area contributed by atoms with E-state index in [1.165, 1.54) is 12.1 Å². The van der Waals surface area contributed by atoms with Crippen molar-refractivity contribution >= 4 is 7.82 Å². The first-order valence-corrected chi connectivity index (χ1v) is 4.88. The van der Waals surface area contributed by atoms with Gasteiger partial charge in [0.05, 0.1) is 14.4 Å². The average molecular weight is 248 g/mol. The topological polar surface area (TPSA) is 92.7 Å². The zero-order chi connectivity index (χ0) is 9.90. The van der Waals surface area contributed by atoms with E-state index in [1.54, 1.807) is 12.1 Å². The van der Waals surface area contributed by atoms with Gasteiger partial charge in [-0.05, 0) is 6.07 Å². The Morgan fingerprint density at radius 2 is 1.80 bits per heavy atom. The van der Waals surface area contributed by atoms with Crippen molar-refractivity contribution in [1.29, 1.82) is 0 Å². The number of aromatic hydroxyl groups is 1. The molecule has 1 aromatic rings. The second-order valence-corrected chi connectivity index (χ2v) is 3.50. The molecule has 0 radical (unpaired) electrons. The maximum atomic E-state index is 10.1. The van der Waals surface area contributed by atoms with Crippen LogP contribution >= 0.6 is 7.82 Å². The summed E-state index contributed by atoms with van der Waals surface area (Å²) in [4.78, 5) is 20.2. The Balaban J connectivity index is 0. The van der Waals surface area contributed by atoms with Crippen LogP contribution in [0.3, 0.4) is 0 Å².